The van der Waals surface area contributed by atoms with Crippen LogP contribution in [0.1, 0.15) is 6.42 Å². The maximum absolute atomic E-state index is 11.9. The molecule has 1 atom stereocenters. The number of rotatable bonds is 4. The molecule has 0 bridgehead atoms. The maximum atomic E-state index is 11.9. The molecule has 3 N–H and O–H groups in total. The molecule has 0 saturated carbocycles. The van der Waals surface area contributed by atoms with Crippen molar-refractivity contribution in [3.05, 3.63) is 12.5 Å². The maximum Gasteiger partial charge on any atom is 0.325 e. The van der Waals surface area contributed by atoms with Gasteiger partial charge in [0.25, 0.3) is 10.0 Å². The average molecular weight is 277 g/mol. The van der Waals surface area contributed by atoms with E-state index in [1.807, 2.05) is 0 Å². The number of carbonyl (C=O) groups is 1. The lowest BCUT2D eigenvalue weighted by Crippen LogP contribution is -2.54. The molecule has 1 unspecified atom stereocenters. The highest BCUT2D eigenvalue weighted by molar-refractivity contribution is 7.99. The summed E-state index contributed by atoms with van der Waals surface area (Å²) < 4.78 is 26.1. The molecule has 1 aromatic heterocycles. The summed E-state index contributed by atoms with van der Waals surface area (Å²) in [5.41, 5.74) is -1.41. The van der Waals surface area contributed by atoms with Crippen molar-refractivity contribution in [1.29, 1.82) is 0 Å². The van der Waals surface area contributed by atoms with Gasteiger partial charge in [-0.1, -0.05) is 0 Å². The van der Waals surface area contributed by atoms with Crippen LogP contribution < -0.4 is 4.72 Å². The zero-order valence-corrected chi connectivity index (χ0v) is 10.3. The Morgan fingerprint density at radius 3 is 2.88 bits per heavy atom. The van der Waals surface area contributed by atoms with Crippen LogP contribution in [-0.2, 0) is 14.8 Å². The second kappa shape index (κ2) is 4.31. The Morgan fingerprint density at radius 1 is 1.65 bits per heavy atom. The fraction of sp³-hybridized carbons (Fsp3) is 0.500. The van der Waals surface area contributed by atoms with Gasteiger partial charge in [0.15, 0.2) is 5.03 Å². The number of nitrogens with zero attached hydrogens (tertiary/aromatic N) is 1. The van der Waals surface area contributed by atoms with E-state index in [2.05, 4.69) is 14.7 Å². The van der Waals surface area contributed by atoms with Crippen LogP contribution in [-0.4, -0.2) is 46.5 Å². The minimum Gasteiger partial charge on any atom is -0.480 e. The van der Waals surface area contributed by atoms with Crippen LogP contribution in [0.3, 0.4) is 0 Å². The lowest BCUT2D eigenvalue weighted by Gasteiger charge is -2.23. The summed E-state index contributed by atoms with van der Waals surface area (Å²) in [5.74, 6) is -0.293. The molecule has 2 rings (SSSR count). The van der Waals surface area contributed by atoms with Crippen molar-refractivity contribution in [2.24, 2.45) is 0 Å². The number of thioether (sulfide) groups is 1. The molecule has 0 aromatic carbocycles. The monoisotopic (exact) mass is 277 g/mol. The number of aromatic amines is 1. The summed E-state index contributed by atoms with van der Waals surface area (Å²) in [7, 11) is -3.87. The largest absolute Gasteiger partial charge is 0.480 e. The molecule has 1 fully saturated rings. The van der Waals surface area contributed by atoms with Crippen molar-refractivity contribution >= 4 is 27.8 Å². The van der Waals surface area contributed by atoms with Gasteiger partial charge >= 0.3 is 5.97 Å². The highest BCUT2D eigenvalue weighted by Crippen LogP contribution is 2.29. The molecule has 1 aliphatic rings. The van der Waals surface area contributed by atoms with Crippen LogP contribution in [0.2, 0.25) is 0 Å². The van der Waals surface area contributed by atoms with E-state index in [0.717, 1.165) is 6.20 Å². The lowest BCUT2D eigenvalue weighted by atomic mass is 10.0. The van der Waals surface area contributed by atoms with Gasteiger partial charge in [-0.15, -0.1) is 0 Å². The Kier molecular flexibility index (Phi) is 3.15. The lowest BCUT2D eigenvalue weighted by molar-refractivity contribution is -0.142. The number of aromatic nitrogens is 2. The van der Waals surface area contributed by atoms with E-state index in [0.29, 0.717) is 5.75 Å². The van der Waals surface area contributed by atoms with Crippen LogP contribution in [0.25, 0.3) is 0 Å². The normalized spacial score (nSPS) is 24.9. The first kappa shape index (κ1) is 12.4. The molecule has 94 valence electrons. The van der Waals surface area contributed by atoms with Crippen LogP contribution in [0.15, 0.2) is 17.6 Å². The van der Waals surface area contributed by atoms with Gasteiger partial charge in [-0.2, -0.15) is 16.5 Å². The van der Waals surface area contributed by atoms with Crippen molar-refractivity contribution in [3.8, 4) is 0 Å². The number of H-pyrrole nitrogens is 1. The first-order chi connectivity index (χ1) is 7.96. The van der Waals surface area contributed by atoms with Gasteiger partial charge < -0.3 is 10.1 Å². The Bertz CT molecular complexity index is 505. The van der Waals surface area contributed by atoms with Gasteiger partial charge in [0.1, 0.15) is 5.54 Å². The molecule has 1 aromatic rings. The molecule has 0 aliphatic carbocycles. The summed E-state index contributed by atoms with van der Waals surface area (Å²) in [6.07, 6.45) is 2.64. The highest BCUT2D eigenvalue weighted by atomic mass is 32.2. The van der Waals surface area contributed by atoms with Crippen LogP contribution >= 0.6 is 11.8 Å². The first-order valence-corrected chi connectivity index (χ1v) is 7.44. The van der Waals surface area contributed by atoms with E-state index >= 15 is 0 Å². The van der Waals surface area contributed by atoms with Crippen molar-refractivity contribution in [2.45, 2.75) is 17.0 Å². The molecular formula is C8H11N3O4S2. The van der Waals surface area contributed by atoms with Gasteiger partial charge in [-0.25, -0.2) is 13.4 Å². The summed E-state index contributed by atoms with van der Waals surface area (Å²) in [6, 6.07) is 0. The number of sulfonamides is 1. The van der Waals surface area contributed by atoms with E-state index in [9.17, 15) is 13.2 Å². The molecule has 0 amide bonds. The van der Waals surface area contributed by atoms with Crippen LogP contribution in [0, 0.1) is 0 Å². The summed E-state index contributed by atoms with van der Waals surface area (Å²) in [5, 5.41) is 9.03. The number of hydrogen-bond donors (Lipinski definition) is 3. The second-order valence-electron chi connectivity index (χ2n) is 3.71. The SMILES string of the molecule is O=C(O)C1(NS(=O)(=O)c2cnc[nH]2)CCSC1. The van der Waals surface area contributed by atoms with Crippen molar-refractivity contribution < 1.29 is 18.3 Å². The summed E-state index contributed by atoms with van der Waals surface area (Å²) >= 11 is 1.41. The predicted molar refractivity (Wildman–Crippen MR) is 61.2 cm³/mol. The van der Waals surface area contributed by atoms with Gasteiger partial charge in [0.2, 0.25) is 0 Å². The smallest absolute Gasteiger partial charge is 0.325 e. The Balaban J connectivity index is 2.28. The fourth-order valence-electron chi connectivity index (χ4n) is 1.56. The molecule has 1 aliphatic heterocycles. The molecule has 0 spiro atoms. The van der Waals surface area contributed by atoms with Crippen LogP contribution in [0.5, 0.6) is 0 Å². The minimum atomic E-state index is -3.87. The van der Waals surface area contributed by atoms with Crippen molar-refractivity contribution in [2.75, 3.05) is 11.5 Å². The zero-order valence-electron chi connectivity index (χ0n) is 8.71. The van der Waals surface area contributed by atoms with E-state index in [1.165, 1.54) is 18.1 Å². The van der Waals surface area contributed by atoms with Gasteiger partial charge in [-0.05, 0) is 12.2 Å². The number of carboxylic acids is 1. The third kappa shape index (κ3) is 2.31. The number of imidazole rings is 1. The molecular weight excluding hydrogens is 266 g/mol. The van der Waals surface area contributed by atoms with E-state index in [4.69, 9.17) is 5.11 Å². The third-order valence-electron chi connectivity index (χ3n) is 2.52. The zero-order chi connectivity index (χ0) is 12.5. The Hall–Kier alpha value is -1.06. The van der Waals surface area contributed by atoms with Crippen molar-refractivity contribution in [1.82, 2.24) is 14.7 Å². The summed E-state index contributed by atoms with van der Waals surface area (Å²) in [6.45, 7) is 0. The third-order valence-corrected chi connectivity index (χ3v) is 5.17. The molecule has 1 saturated heterocycles. The quantitative estimate of drug-likeness (QED) is 0.693. The van der Waals surface area contributed by atoms with Gasteiger partial charge in [0, 0.05) is 5.75 Å². The van der Waals surface area contributed by atoms with E-state index in [-0.39, 0.29) is 17.2 Å². The molecule has 7 nitrogen and oxygen atoms in total. The highest BCUT2D eigenvalue weighted by Gasteiger charge is 2.45. The Labute approximate surface area is 102 Å². The van der Waals surface area contributed by atoms with Gasteiger partial charge in [0.05, 0.1) is 12.5 Å². The molecule has 9 heteroatoms. The molecule has 2 heterocycles. The minimum absolute atomic E-state index is 0.130. The first-order valence-electron chi connectivity index (χ1n) is 4.80. The number of nitrogens with one attached hydrogen (secondary N) is 2. The summed E-state index contributed by atoms with van der Waals surface area (Å²) in [4.78, 5) is 17.3. The van der Waals surface area contributed by atoms with E-state index in [1.54, 1.807) is 0 Å². The van der Waals surface area contributed by atoms with Crippen LogP contribution in [0.4, 0.5) is 0 Å². The number of carboxylic acid groups (broad SMARTS) is 1. The average Bonchev–Trinajstić information content (AvgIpc) is 2.86. The molecule has 17 heavy (non-hydrogen) atoms. The predicted octanol–water partition coefficient (Wildman–Crippen LogP) is -0.352. The standard InChI is InChI=1S/C8H11N3O4S2/c12-7(13)8(1-2-16-4-8)11-17(14,15)6-3-9-5-10-6/h3,5,11H,1-2,4H2,(H,9,10)(H,12,13). The van der Waals surface area contributed by atoms with Crippen molar-refractivity contribution in [3.63, 3.8) is 0 Å². The fourth-order valence-corrected chi connectivity index (χ4v) is 4.27. The second-order valence-corrected chi connectivity index (χ2v) is 6.47. The number of aliphatic carboxylic acids is 1. The molecule has 0 radical (unpaired) electrons. The Morgan fingerprint density at radius 2 is 2.41 bits per heavy atom. The topological polar surface area (TPSA) is 112 Å². The number of hydrogen-bond acceptors (Lipinski definition) is 5. The van der Waals surface area contributed by atoms with E-state index < -0.39 is 21.5 Å². The van der Waals surface area contributed by atoms with Gasteiger partial charge in [-0.3, -0.25) is 4.79 Å².